The molecular weight excluding hydrogens is 210 g/mol. The Kier molecular flexibility index (Phi) is 11.1. The van der Waals surface area contributed by atoms with Crippen molar-refractivity contribution in [2.45, 2.75) is 25.9 Å². The van der Waals surface area contributed by atoms with E-state index in [0.29, 0.717) is 32.8 Å². The van der Waals surface area contributed by atoms with Crippen molar-refractivity contribution < 1.29 is 25.0 Å². The van der Waals surface area contributed by atoms with Crippen molar-refractivity contribution in [2.24, 2.45) is 0 Å². The molecule has 0 saturated heterocycles. The number of quaternary nitrogens is 1. The third-order valence-corrected chi connectivity index (χ3v) is 2.41. The van der Waals surface area contributed by atoms with Crippen LogP contribution in [0.1, 0.15) is 19.8 Å². The number of nitrogens with one attached hydrogen (secondary N) is 1. The lowest BCUT2D eigenvalue weighted by atomic mass is 10.3. The molecule has 0 aromatic rings. The van der Waals surface area contributed by atoms with Gasteiger partial charge in [0.2, 0.25) is 0 Å². The van der Waals surface area contributed by atoms with E-state index in [1.165, 1.54) is 0 Å². The van der Waals surface area contributed by atoms with Crippen LogP contribution in [-0.2, 0) is 4.74 Å². The van der Waals surface area contributed by atoms with Crippen LogP contribution in [0, 0.1) is 0 Å². The van der Waals surface area contributed by atoms with E-state index in [1.807, 2.05) is 0 Å². The Hall–Kier alpha value is -0.200. The van der Waals surface area contributed by atoms with Crippen molar-refractivity contribution >= 4 is 0 Å². The van der Waals surface area contributed by atoms with Crippen molar-refractivity contribution in [3.8, 4) is 0 Å². The van der Waals surface area contributed by atoms with E-state index < -0.39 is 6.10 Å². The lowest BCUT2D eigenvalue weighted by molar-refractivity contribution is -0.903. The Bertz CT molecular complexity index is 140. The normalized spacial score (nSPS) is 13.3. The highest BCUT2D eigenvalue weighted by molar-refractivity contribution is 4.50. The van der Waals surface area contributed by atoms with Crippen LogP contribution in [0.3, 0.4) is 0 Å². The first-order chi connectivity index (χ1) is 7.74. The molecule has 0 fully saturated rings. The molecular formula is C11H26NO4+. The number of unbranched alkanes of at least 4 members (excludes halogenated alkanes) is 1. The summed E-state index contributed by atoms with van der Waals surface area (Å²) in [6.07, 6.45) is 1.57. The summed E-state index contributed by atoms with van der Waals surface area (Å²) < 4.78 is 5.30. The lowest BCUT2D eigenvalue weighted by Crippen LogP contribution is -3.14. The Labute approximate surface area is 97.6 Å². The monoisotopic (exact) mass is 236 g/mol. The number of aliphatic hydroxyl groups is 3. The third kappa shape index (κ3) is 9.06. The number of aliphatic hydroxyl groups excluding tert-OH is 3. The van der Waals surface area contributed by atoms with E-state index in [0.717, 1.165) is 17.7 Å². The molecule has 0 unspecified atom stereocenters. The average Bonchev–Trinajstić information content (AvgIpc) is 2.25. The van der Waals surface area contributed by atoms with Crippen LogP contribution in [0.2, 0.25) is 0 Å². The summed E-state index contributed by atoms with van der Waals surface area (Å²) in [5.41, 5.74) is 0. The van der Waals surface area contributed by atoms with Crippen molar-refractivity contribution in [1.29, 1.82) is 0 Å². The van der Waals surface area contributed by atoms with Gasteiger partial charge in [0.25, 0.3) is 0 Å². The van der Waals surface area contributed by atoms with Crippen molar-refractivity contribution in [2.75, 3.05) is 46.1 Å². The minimum Gasteiger partial charge on any atom is -0.391 e. The number of ether oxygens (including phenoxy) is 1. The van der Waals surface area contributed by atoms with Gasteiger partial charge in [-0.25, -0.2) is 0 Å². The van der Waals surface area contributed by atoms with Crippen LogP contribution in [0.5, 0.6) is 0 Å². The summed E-state index contributed by atoms with van der Waals surface area (Å²) in [6, 6.07) is 0. The van der Waals surface area contributed by atoms with Gasteiger partial charge in [0.15, 0.2) is 0 Å². The Morgan fingerprint density at radius 3 is 2.31 bits per heavy atom. The van der Waals surface area contributed by atoms with Crippen LogP contribution >= 0.6 is 0 Å². The second-order valence-electron chi connectivity index (χ2n) is 3.98. The summed E-state index contributed by atoms with van der Waals surface area (Å²) >= 11 is 0. The summed E-state index contributed by atoms with van der Waals surface area (Å²) in [4.78, 5) is 0.997. The van der Waals surface area contributed by atoms with Gasteiger partial charge in [-0.1, -0.05) is 13.3 Å². The Balaban J connectivity index is 3.59. The molecule has 1 atom stereocenters. The zero-order valence-corrected chi connectivity index (χ0v) is 10.2. The van der Waals surface area contributed by atoms with Gasteiger partial charge < -0.3 is 25.0 Å². The van der Waals surface area contributed by atoms with Crippen LogP contribution in [0.25, 0.3) is 0 Å². The van der Waals surface area contributed by atoms with E-state index >= 15 is 0 Å². The van der Waals surface area contributed by atoms with Gasteiger partial charge in [0, 0.05) is 6.61 Å². The van der Waals surface area contributed by atoms with E-state index in [1.54, 1.807) is 0 Å². The van der Waals surface area contributed by atoms with Crippen molar-refractivity contribution in [1.82, 2.24) is 0 Å². The smallest absolute Gasteiger partial charge is 0.126 e. The first-order valence-corrected chi connectivity index (χ1v) is 6.05. The molecule has 98 valence electrons. The highest BCUT2D eigenvalue weighted by Gasteiger charge is 2.14. The number of hydrogen-bond donors (Lipinski definition) is 4. The zero-order valence-electron chi connectivity index (χ0n) is 10.2. The van der Waals surface area contributed by atoms with Gasteiger partial charge in [-0.15, -0.1) is 0 Å². The highest BCUT2D eigenvalue weighted by atomic mass is 16.5. The molecule has 0 saturated carbocycles. The van der Waals surface area contributed by atoms with Gasteiger partial charge in [-0.2, -0.15) is 0 Å². The molecule has 0 radical (unpaired) electrons. The molecule has 0 aliphatic carbocycles. The van der Waals surface area contributed by atoms with E-state index in [2.05, 4.69) is 6.92 Å². The molecule has 4 N–H and O–H groups in total. The number of rotatable bonds is 11. The highest BCUT2D eigenvalue weighted by Crippen LogP contribution is 1.89. The molecule has 0 rings (SSSR count). The lowest BCUT2D eigenvalue weighted by Gasteiger charge is -2.20. The van der Waals surface area contributed by atoms with Crippen LogP contribution < -0.4 is 4.90 Å². The summed E-state index contributed by atoms with van der Waals surface area (Å²) in [6.45, 7) is 4.85. The van der Waals surface area contributed by atoms with E-state index in [-0.39, 0.29) is 13.2 Å². The fraction of sp³-hybridized carbons (Fsp3) is 1.00. The number of hydrogen-bond acceptors (Lipinski definition) is 4. The molecule has 0 heterocycles. The van der Waals surface area contributed by atoms with E-state index in [9.17, 15) is 5.11 Å². The molecule has 5 heteroatoms. The fourth-order valence-electron chi connectivity index (χ4n) is 1.50. The maximum absolute atomic E-state index is 9.66. The second kappa shape index (κ2) is 11.3. The predicted molar refractivity (Wildman–Crippen MR) is 61.5 cm³/mol. The zero-order chi connectivity index (χ0) is 12.2. The predicted octanol–water partition coefficient (Wildman–Crippen LogP) is -1.97. The molecule has 16 heavy (non-hydrogen) atoms. The minimum atomic E-state index is -0.523. The third-order valence-electron chi connectivity index (χ3n) is 2.41. The van der Waals surface area contributed by atoms with E-state index in [4.69, 9.17) is 14.9 Å². The van der Waals surface area contributed by atoms with Gasteiger partial charge >= 0.3 is 0 Å². The Morgan fingerprint density at radius 1 is 1.19 bits per heavy atom. The first kappa shape index (κ1) is 15.8. The van der Waals surface area contributed by atoms with Gasteiger partial charge in [0.1, 0.15) is 25.7 Å². The van der Waals surface area contributed by atoms with Crippen LogP contribution in [0.4, 0.5) is 0 Å². The van der Waals surface area contributed by atoms with Gasteiger partial charge in [0.05, 0.1) is 19.8 Å². The van der Waals surface area contributed by atoms with Crippen LogP contribution in [0.15, 0.2) is 0 Å². The topological polar surface area (TPSA) is 74.4 Å². The molecule has 0 bridgehead atoms. The van der Waals surface area contributed by atoms with Gasteiger partial charge in [-0.05, 0) is 6.42 Å². The molecule has 0 aromatic carbocycles. The van der Waals surface area contributed by atoms with Crippen LogP contribution in [-0.4, -0.2) is 67.5 Å². The maximum atomic E-state index is 9.66. The van der Waals surface area contributed by atoms with Crippen molar-refractivity contribution in [3.63, 3.8) is 0 Å². The molecule has 0 aliphatic heterocycles. The Morgan fingerprint density at radius 2 is 1.81 bits per heavy atom. The maximum Gasteiger partial charge on any atom is 0.126 e. The molecule has 0 aromatic heterocycles. The second-order valence-corrected chi connectivity index (χ2v) is 3.98. The summed E-state index contributed by atoms with van der Waals surface area (Å²) in [7, 11) is 0. The van der Waals surface area contributed by atoms with Crippen molar-refractivity contribution in [3.05, 3.63) is 0 Å². The first-order valence-electron chi connectivity index (χ1n) is 6.05. The minimum absolute atomic E-state index is 0.0682. The fourth-order valence-corrected chi connectivity index (χ4v) is 1.50. The van der Waals surface area contributed by atoms with Gasteiger partial charge in [-0.3, -0.25) is 0 Å². The SMILES string of the molecule is CCCCOC[C@@H](O)C[NH+](CCO)CCO. The molecule has 0 spiro atoms. The molecule has 5 nitrogen and oxygen atoms in total. The summed E-state index contributed by atoms with van der Waals surface area (Å²) in [5.74, 6) is 0. The molecule has 0 amide bonds. The quantitative estimate of drug-likeness (QED) is 0.314. The standard InChI is InChI=1S/C11H25NO4/c1-2-3-8-16-10-11(15)9-12(4-6-13)5-7-14/h11,13-15H,2-10H2,1H3/p+1/t11-/m0/s1. The average molecular weight is 236 g/mol. The largest absolute Gasteiger partial charge is 0.391 e. The summed E-state index contributed by atoms with van der Waals surface area (Å²) in [5, 5.41) is 27.3. The molecule has 0 aliphatic rings.